The molecule has 154 valence electrons. The fourth-order valence-electron chi connectivity index (χ4n) is 4.33. The van der Waals surface area contributed by atoms with E-state index in [0.29, 0.717) is 24.8 Å². The molecule has 10 heteroatoms. The second-order valence-corrected chi connectivity index (χ2v) is 11.4. The summed E-state index contributed by atoms with van der Waals surface area (Å²) >= 11 is 0. The molecule has 1 aromatic carbocycles. The Morgan fingerprint density at radius 3 is 1.67 bits per heavy atom. The van der Waals surface area contributed by atoms with Gasteiger partial charge in [-0.2, -0.15) is 21.9 Å². The molecule has 0 aliphatic carbocycles. The van der Waals surface area contributed by atoms with Gasteiger partial charge in [0.1, 0.15) is 0 Å². The maximum atomic E-state index is 11.7. The average Bonchev–Trinajstić information content (AvgIpc) is 2.43. The Hall–Kier alpha value is -1.04. The largest absolute Gasteiger partial charge is 0.313 e. The average molecular weight is 422 g/mol. The fraction of sp³-hybridized carbons (Fsp3) is 0.647. The third-order valence-electron chi connectivity index (χ3n) is 5.18. The Morgan fingerprint density at radius 1 is 0.963 bits per heavy atom. The Kier molecular flexibility index (Phi) is 5.59. The van der Waals surface area contributed by atoms with E-state index in [2.05, 4.69) is 0 Å². The maximum absolute atomic E-state index is 11.7. The first kappa shape index (κ1) is 22.3. The zero-order chi connectivity index (χ0) is 21.0. The molecule has 1 fully saturated rings. The molecule has 1 aliphatic rings. The van der Waals surface area contributed by atoms with E-state index in [1.165, 1.54) is 24.1 Å². The van der Waals surface area contributed by atoms with Crippen LogP contribution in [0.5, 0.6) is 0 Å². The van der Waals surface area contributed by atoms with Crippen LogP contribution in [0.25, 0.3) is 0 Å². The summed E-state index contributed by atoms with van der Waals surface area (Å²) in [6.07, 6.45) is 1.54. The second kappa shape index (κ2) is 6.78. The second-order valence-electron chi connectivity index (χ2n) is 8.58. The van der Waals surface area contributed by atoms with Crippen LogP contribution in [0, 0.1) is 12.8 Å². The molecule has 1 saturated heterocycles. The summed E-state index contributed by atoms with van der Waals surface area (Å²) in [6, 6.07) is 2.48. The van der Waals surface area contributed by atoms with E-state index in [1.54, 1.807) is 0 Å². The third-order valence-corrected chi connectivity index (χ3v) is 7.14. The molecule has 1 aromatic rings. The van der Waals surface area contributed by atoms with Crippen molar-refractivity contribution < 1.29 is 31.1 Å². The van der Waals surface area contributed by atoms with Crippen molar-refractivity contribution in [3.8, 4) is 0 Å². The highest BCUT2D eigenvalue weighted by Gasteiger charge is 2.44. The van der Waals surface area contributed by atoms with Crippen LogP contribution < -0.4 is 0 Å². The molecule has 2 rings (SSSR count). The van der Waals surface area contributed by atoms with Crippen LogP contribution >= 0.6 is 0 Å². The van der Waals surface area contributed by atoms with Gasteiger partial charge in [0.25, 0.3) is 20.2 Å². The number of rotatable bonds is 4. The number of hydrogen-bond donors (Lipinski definition) is 3. The maximum Gasteiger partial charge on any atom is 0.294 e. The molecule has 0 radical (unpaired) electrons. The predicted octanol–water partition coefficient (Wildman–Crippen LogP) is 2.69. The topological polar surface area (TPSA) is 132 Å². The van der Waals surface area contributed by atoms with Crippen molar-refractivity contribution in [1.29, 1.82) is 0 Å². The van der Waals surface area contributed by atoms with Gasteiger partial charge in [-0.3, -0.25) is 9.11 Å². The van der Waals surface area contributed by atoms with Crippen molar-refractivity contribution >= 4 is 20.2 Å². The van der Waals surface area contributed by atoms with E-state index in [9.17, 15) is 31.1 Å². The van der Waals surface area contributed by atoms with Gasteiger partial charge in [-0.05, 0) is 83.1 Å². The Bertz CT molecular complexity index is 878. The molecular weight excluding hydrogens is 394 g/mol. The zero-order valence-electron chi connectivity index (χ0n) is 16.1. The van der Waals surface area contributed by atoms with Gasteiger partial charge in [-0.1, -0.05) is 0 Å². The Balaban J connectivity index is 2.51. The van der Waals surface area contributed by atoms with Crippen molar-refractivity contribution in [3.63, 3.8) is 0 Å². The zero-order valence-corrected chi connectivity index (χ0v) is 17.7. The molecule has 1 heterocycles. The minimum Gasteiger partial charge on any atom is -0.313 e. The van der Waals surface area contributed by atoms with Gasteiger partial charge in [0.15, 0.2) is 0 Å². The minimum atomic E-state index is -4.66. The molecule has 0 aromatic heterocycles. The summed E-state index contributed by atoms with van der Waals surface area (Å²) in [5.74, 6) is 0.0320. The van der Waals surface area contributed by atoms with E-state index >= 15 is 0 Å². The van der Waals surface area contributed by atoms with Crippen molar-refractivity contribution in [2.45, 2.75) is 74.7 Å². The highest BCUT2D eigenvalue weighted by molar-refractivity contribution is 7.86. The van der Waals surface area contributed by atoms with E-state index in [0.717, 1.165) is 0 Å². The Morgan fingerprint density at radius 2 is 1.33 bits per heavy atom. The lowest BCUT2D eigenvalue weighted by Crippen LogP contribution is -2.59. The molecule has 8 nitrogen and oxygen atoms in total. The monoisotopic (exact) mass is 421 g/mol. The summed E-state index contributed by atoms with van der Waals surface area (Å²) in [5.41, 5.74) is -0.887. The van der Waals surface area contributed by atoms with Crippen LogP contribution in [-0.4, -0.2) is 47.3 Å². The first-order chi connectivity index (χ1) is 11.9. The van der Waals surface area contributed by atoms with E-state index in [4.69, 9.17) is 0 Å². The summed E-state index contributed by atoms with van der Waals surface area (Å²) in [6.45, 7) is 8.78. The minimum absolute atomic E-state index is 0.0320. The van der Waals surface area contributed by atoms with Gasteiger partial charge in [-0.15, -0.1) is 0 Å². The molecule has 0 saturated carbocycles. The number of nitrogens with zero attached hydrogens (tertiary/aromatic N) is 1. The van der Waals surface area contributed by atoms with Gasteiger partial charge < -0.3 is 5.21 Å². The fourth-order valence-corrected chi connectivity index (χ4v) is 5.98. The predicted molar refractivity (Wildman–Crippen MR) is 99.0 cm³/mol. The lowest BCUT2D eigenvalue weighted by molar-refractivity contribution is -0.250. The third kappa shape index (κ3) is 4.69. The van der Waals surface area contributed by atoms with Gasteiger partial charge in [0.2, 0.25) is 0 Å². The van der Waals surface area contributed by atoms with Crippen LogP contribution in [0.2, 0.25) is 0 Å². The van der Waals surface area contributed by atoms with E-state index in [1.807, 2.05) is 27.7 Å². The Labute approximate surface area is 160 Å². The van der Waals surface area contributed by atoms with Crippen molar-refractivity contribution in [1.82, 2.24) is 5.06 Å². The van der Waals surface area contributed by atoms with Crippen molar-refractivity contribution in [3.05, 3.63) is 23.3 Å². The molecule has 0 unspecified atom stereocenters. The van der Waals surface area contributed by atoms with Gasteiger partial charge in [-0.25, -0.2) is 0 Å². The van der Waals surface area contributed by atoms with Crippen molar-refractivity contribution in [2.24, 2.45) is 5.92 Å². The first-order valence-corrected chi connectivity index (χ1v) is 11.4. The summed E-state index contributed by atoms with van der Waals surface area (Å²) in [5, 5.41) is 11.7. The van der Waals surface area contributed by atoms with Gasteiger partial charge >= 0.3 is 0 Å². The summed E-state index contributed by atoms with van der Waals surface area (Å²) in [7, 11) is -9.32. The van der Waals surface area contributed by atoms with Gasteiger partial charge in [0.05, 0.1) is 9.79 Å². The van der Waals surface area contributed by atoms with Crippen LogP contribution in [0.15, 0.2) is 21.9 Å². The number of benzene rings is 1. The highest BCUT2D eigenvalue weighted by atomic mass is 32.2. The quantitative estimate of drug-likeness (QED) is 0.632. The molecule has 27 heavy (non-hydrogen) atoms. The van der Waals surface area contributed by atoms with Crippen molar-refractivity contribution in [2.75, 3.05) is 0 Å². The van der Waals surface area contributed by atoms with Crippen LogP contribution in [0.4, 0.5) is 0 Å². The molecule has 0 atom stereocenters. The first-order valence-electron chi connectivity index (χ1n) is 8.53. The summed E-state index contributed by atoms with van der Waals surface area (Å²) < 4.78 is 65.6. The molecule has 1 aliphatic heterocycles. The molecular formula is C17H27NO7S2. The molecule has 0 spiro atoms. The van der Waals surface area contributed by atoms with Crippen LogP contribution in [-0.2, 0) is 26.7 Å². The smallest absolute Gasteiger partial charge is 0.294 e. The highest BCUT2D eigenvalue weighted by Crippen LogP contribution is 2.41. The number of piperidine rings is 1. The van der Waals surface area contributed by atoms with Crippen LogP contribution in [0.1, 0.15) is 51.7 Å². The van der Waals surface area contributed by atoms with E-state index < -0.39 is 41.1 Å². The number of hydroxylamine groups is 2. The number of hydrogen-bond acceptors (Lipinski definition) is 6. The van der Waals surface area contributed by atoms with Crippen LogP contribution in [0.3, 0.4) is 0 Å². The molecule has 0 amide bonds. The lowest BCUT2D eigenvalue weighted by Gasteiger charge is -2.51. The van der Waals surface area contributed by atoms with Gasteiger partial charge in [0, 0.05) is 11.1 Å². The lowest BCUT2D eigenvalue weighted by atomic mass is 9.73. The molecule has 3 N–H and O–H groups in total. The standard InChI is InChI=1S/C17H27NO7S2/c1-11-14(26(20,21)22)7-12(8-15(11)27(23,24)25)6-13-9-16(2,3)18(19)17(4,5)10-13/h7-8,13,19H,6,9-10H2,1-5H3,(H,20,21,22)(H,23,24,25). The molecule has 0 bridgehead atoms. The summed E-state index contributed by atoms with van der Waals surface area (Å²) in [4.78, 5) is -1.07. The van der Waals surface area contributed by atoms with E-state index in [-0.39, 0.29) is 11.5 Å². The normalized spacial score (nSPS) is 21.3. The SMILES string of the molecule is Cc1c(S(=O)(=O)O)cc(CC2CC(C)(C)N(O)C(C)(C)C2)cc1S(=O)(=O)O.